The van der Waals surface area contributed by atoms with E-state index in [0.29, 0.717) is 5.69 Å². The maximum Gasteiger partial charge on any atom is 0.278 e. The van der Waals surface area contributed by atoms with Crippen LogP contribution < -0.4 is 9.64 Å². The second-order valence-electron chi connectivity index (χ2n) is 7.19. The van der Waals surface area contributed by atoms with E-state index in [4.69, 9.17) is 4.74 Å². The van der Waals surface area contributed by atoms with Crippen LogP contribution in [0.4, 0.5) is 5.69 Å². The van der Waals surface area contributed by atoms with Crippen LogP contribution in [0.2, 0.25) is 0 Å². The Balaban J connectivity index is 1.72. The topological polar surface area (TPSA) is 58.2 Å². The van der Waals surface area contributed by atoms with Gasteiger partial charge < -0.3 is 9.64 Å². The predicted octanol–water partition coefficient (Wildman–Crippen LogP) is 4.78. The van der Waals surface area contributed by atoms with Crippen molar-refractivity contribution in [2.24, 2.45) is 0 Å². The first-order chi connectivity index (χ1) is 12.3. The SMILES string of the molecule is CN(C(=O)c1cc(C(C)(C)C)[nH]n1)c1ccc(Oc2ccccc2)cc1. The molecule has 26 heavy (non-hydrogen) atoms. The molecule has 0 aliphatic heterocycles. The molecule has 1 aromatic heterocycles. The lowest BCUT2D eigenvalue weighted by molar-refractivity contribution is 0.0988. The summed E-state index contributed by atoms with van der Waals surface area (Å²) in [5.41, 5.74) is 2.03. The van der Waals surface area contributed by atoms with Crippen LogP contribution >= 0.6 is 0 Å². The fraction of sp³-hybridized carbons (Fsp3) is 0.238. The molecule has 1 N–H and O–H groups in total. The van der Waals surface area contributed by atoms with Gasteiger partial charge in [-0.2, -0.15) is 5.10 Å². The van der Waals surface area contributed by atoms with Gasteiger partial charge in [0.05, 0.1) is 0 Å². The number of rotatable bonds is 4. The first-order valence-electron chi connectivity index (χ1n) is 8.51. The summed E-state index contributed by atoms with van der Waals surface area (Å²) in [6.45, 7) is 6.22. The highest BCUT2D eigenvalue weighted by Gasteiger charge is 2.21. The van der Waals surface area contributed by atoms with Gasteiger partial charge in [0, 0.05) is 23.8 Å². The van der Waals surface area contributed by atoms with Crippen LogP contribution in [-0.2, 0) is 5.41 Å². The van der Waals surface area contributed by atoms with E-state index < -0.39 is 0 Å². The number of aromatic nitrogens is 2. The summed E-state index contributed by atoms with van der Waals surface area (Å²) in [4.78, 5) is 14.3. The molecule has 134 valence electrons. The summed E-state index contributed by atoms with van der Waals surface area (Å²) in [5.74, 6) is 1.33. The van der Waals surface area contributed by atoms with E-state index in [2.05, 4.69) is 31.0 Å². The highest BCUT2D eigenvalue weighted by atomic mass is 16.5. The van der Waals surface area contributed by atoms with E-state index in [1.54, 1.807) is 11.9 Å². The zero-order valence-electron chi connectivity index (χ0n) is 15.5. The zero-order chi connectivity index (χ0) is 18.7. The molecule has 0 atom stereocenters. The number of aromatic amines is 1. The third-order valence-electron chi connectivity index (χ3n) is 4.11. The summed E-state index contributed by atoms with van der Waals surface area (Å²) >= 11 is 0. The zero-order valence-corrected chi connectivity index (χ0v) is 15.5. The minimum Gasteiger partial charge on any atom is -0.457 e. The second kappa shape index (κ2) is 7.04. The fourth-order valence-electron chi connectivity index (χ4n) is 2.47. The molecule has 0 radical (unpaired) electrons. The molecule has 0 aliphatic carbocycles. The fourth-order valence-corrected chi connectivity index (χ4v) is 2.47. The Morgan fingerprint density at radius 3 is 2.19 bits per heavy atom. The normalized spacial score (nSPS) is 11.2. The van der Waals surface area contributed by atoms with Crippen molar-refractivity contribution >= 4 is 11.6 Å². The number of amides is 1. The number of anilines is 1. The Morgan fingerprint density at radius 2 is 1.62 bits per heavy atom. The van der Waals surface area contributed by atoms with Crippen molar-refractivity contribution in [1.29, 1.82) is 0 Å². The average molecular weight is 349 g/mol. The standard InChI is InChI=1S/C21H23N3O2/c1-21(2,3)19-14-18(22-23-19)20(25)24(4)15-10-12-17(13-11-15)26-16-8-6-5-7-9-16/h5-14H,1-4H3,(H,22,23). The number of benzene rings is 2. The molecule has 0 saturated carbocycles. The van der Waals surface area contributed by atoms with E-state index >= 15 is 0 Å². The summed E-state index contributed by atoms with van der Waals surface area (Å²) in [7, 11) is 1.74. The van der Waals surface area contributed by atoms with E-state index in [0.717, 1.165) is 22.9 Å². The Morgan fingerprint density at radius 1 is 1.00 bits per heavy atom. The molecule has 0 bridgehead atoms. The van der Waals surface area contributed by atoms with Crippen molar-refractivity contribution in [2.75, 3.05) is 11.9 Å². The number of carbonyl (C=O) groups is 1. The first kappa shape index (κ1) is 17.7. The van der Waals surface area contributed by atoms with Gasteiger partial charge in [0.15, 0.2) is 5.69 Å². The van der Waals surface area contributed by atoms with Gasteiger partial charge in [-0.05, 0) is 42.5 Å². The molecule has 5 heteroatoms. The van der Waals surface area contributed by atoms with Crippen molar-refractivity contribution in [1.82, 2.24) is 10.2 Å². The number of para-hydroxylation sites is 1. The van der Waals surface area contributed by atoms with Crippen LogP contribution in [0.3, 0.4) is 0 Å². The third-order valence-corrected chi connectivity index (χ3v) is 4.11. The van der Waals surface area contributed by atoms with Crippen molar-refractivity contribution in [3.8, 4) is 11.5 Å². The molecule has 0 saturated heterocycles. The predicted molar refractivity (Wildman–Crippen MR) is 103 cm³/mol. The second-order valence-corrected chi connectivity index (χ2v) is 7.19. The van der Waals surface area contributed by atoms with Crippen LogP contribution in [0.25, 0.3) is 0 Å². The Labute approximate surface area is 153 Å². The maximum absolute atomic E-state index is 12.7. The third kappa shape index (κ3) is 3.94. The molecular weight excluding hydrogens is 326 g/mol. The molecule has 1 amide bonds. The quantitative estimate of drug-likeness (QED) is 0.738. The van der Waals surface area contributed by atoms with Gasteiger partial charge in [-0.15, -0.1) is 0 Å². The number of nitrogens with one attached hydrogen (secondary N) is 1. The number of hydrogen-bond donors (Lipinski definition) is 1. The average Bonchev–Trinajstić information content (AvgIpc) is 3.12. The molecule has 0 aliphatic rings. The van der Waals surface area contributed by atoms with Crippen molar-refractivity contribution in [3.05, 3.63) is 72.1 Å². The van der Waals surface area contributed by atoms with Gasteiger partial charge in [0.2, 0.25) is 0 Å². The van der Waals surface area contributed by atoms with Crippen LogP contribution in [-0.4, -0.2) is 23.2 Å². The summed E-state index contributed by atoms with van der Waals surface area (Å²) in [5, 5.41) is 7.11. The molecule has 1 heterocycles. The van der Waals surface area contributed by atoms with Crippen molar-refractivity contribution < 1.29 is 9.53 Å². The Hall–Kier alpha value is -3.08. The summed E-state index contributed by atoms with van der Waals surface area (Å²) in [6, 6.07) is 18.8. The molecule has 0 fully saturated rings. The minimum absolute atomic E-state index is 0.0828. The van der Waals surface area contributed by atoms with Crippen molar-refractivity contribution in [2.45, 2.75) is 26.2 Å². The highest BCUT2D eigenvalue weighted by molar-refractivity contribution is 6.04. The van der Waals surface area contributed by atoms with E-state index in [1.807, 2.05) is 60.7 Å². The molecule has 0 spiro atoms. The summed E-state index contributed by atoms with van der Waals surface area (Å²) < 4.78 is 5.78. The number of H-pyrrole nitrogens is 1. The van der Waals surface area contributed by atoms with Gasteiger partial charge in [0.1, 0.15) is 11.5 Å². The van der Waals surface area contributed by atoms with Gasteiger partial charge in [0.25, 0.3) is 5.91 Å². The molecule has 5 nitrogen and oxygen atoms in total. The van der Waals surface area contributed by atoms with E-state index in [1.165, 1.54) is 0 Å². The van der Waals surface area contributed by atoms with Crippen molar-refractivity contribution in [3.63, 3.8) is 0 Å². The van der Waals surface area contributed by atoms with Gasteiger partial charge in [-0.25, -0.2) is 0 Å². The number of carbonyl (C=O) groups excluding carboxylic acids is 1. The van der Waals surface area contributed by atoms with Gasteiger partial charge >= 0.3 is 0 Å². The van der Waals surface area contributed by atoms with Gasteiger partial charge in [-0.1, -0.05) is 39.0 Å². The van der Waals surface area contributed by atoms with E-state index in [-0.39, 0.29) is 11.3 Å². The van der Waals surface area contributed by atoms with E-state index in [9.17, 15) is 4.79 Å². The molecule has 0 unspecified atom stereocenters. The van der Waals surface area contributed by atoms with Crippen LogP contribution in [0.5, 0.6) is 11.5 Å². The Bertz CT molecular complexity index is 878. The number of nitrogens with zero attached hydrogens (tertiary/aromatic N) is 2. The molecule has 3 aromatic rings. The number of hydrogen-bond acceptors (Lipinski definition) is 3. The van der Waals surface area contributed by atoms with Crippen LogP contribution in [0.1, 0.15) is 37.0 Å². The minimum atomic E-state index is -0.159. The monoisotopic (exact) mass is 349 g/mol. The molecular formula is C21H23N3O2. The Kier molecular flexibility index (Phi) is 4.80. The van der Waals surface area contributed by atoms with Crippen LogP contribution in [0.15, 0.2) is 60.7 Å². The number of ether oxygens (including phenoxy) is 1. The molecule has 2 aromatic carbocycles. The molecule has 3 rings (SSSR count). The lowest BCUT2D eigenvalue weighted by Crippen LogP contribution is -2.26. The highest BCUT2D eigenvalue weighted by Crippen LogP contribution is 2.25. The largest absolute Gasteiger partial charge is 0.457 e. The first-order valence-corrected chi connectivity index (χ1v) is 8.51. The van der Waals surface area contributed by atoms with Crippen LogP contribution in [0, 0.1) is 0 Å². The maximum atomic E-state index is 12.7. The smallest absolute Gasteiger partial charge is 0.278 e. The lowest BCUT2D eigenvalue weighted by Gasteiger charge is -2.17. The summed E-state index contributed by atoms with van der Waals surface area (Å²) in [6.07, 6.45) is 0. The lowest BCUT2D eigenvalue weighted by atomic mass is 9.92. The van der Waals surface area contributed by atoms with Gasteiger partial charge in [-0.3, -0.25) is 9.89 Å².